The van der Waals surface area contributed by atoms with E-state index >= 15 is 0 Å². The zero-order chi connectivity index (χ0) is 21.3. The molecule has 1 aromatic heterocycles. The minimum Gasteiger partial charge on any atom is -0.493 e. The second-order valence-corrected chi connectivity index (χ2v) is 6.88. The number of hydrogen-bond acceptors (Lipinski definition) is 6. The van der Waals surface area contributed by atoms with E-state index in [2.05, 4.69) is 9.98 Å². The van der Waals surface area contributed by atoms with Crippen LogP contribution in [0, 0.1) is 6.92 Å². The normalized spacial score (nSPS) is 12.9. The van der Waals surface area contributed by atoms with Crippen LogP contribution >= 0.6 is 0 Å². The molecule has 154 valence electrons. The zero-order valence-corrected chi connectivity index (χ0v) is 16.6. The van der Waals surface area contributed by atoms with Gasteiger partial charge >= 0.3 is 5.69 Å². The van der Waals surface area contributed by atoms with Gasteiger partial charge in [0.1, 0.15) is 5.56 Å². The van der Waals surface area contributed by atoms with Gasteiger partial charge in [0.15, 0.2) is 11.5 Å². The third-order valence-electron chi connectivity index (χ3n) is 4.96. The van der Waals surface area contributed by atoms with E-state index in [1.807, 2.05) is 38.1 Å². The molecule has 0 aliphatic carbocycles. The van der Waals surface area contributed by atoms with Crippen molar-refractivity contribution in [1.29, 1.82) is 0 Å². The number of aryl methyl sites for hydroxylation is 1. The summed E-state index contributed by atoms with van der Waals surface area (Å²) in [6.45, 7) is 4.12. The average Bonchev–Trinajstić information content (AvgIpc) is 3.19. The topological polar surface area (TPSA) is 106 Å². The number of aromatic hydroxyl groups is 1. The average molecular weight is 407 g/mol. The summed E-state index contributed by atoms with van der Waals surface area (Å²) in [6.07, 6.45) is 0.396. The molecular formula is C22H21N3O5. The van der Waals surface area contributed by atoms with Gasteiger partial charge in [0, 0.05) is 0 Å². The SMILES string of the molecule is CCC(=NCc1ccc2c(c1)OCO2)c1c(O)n(-c2ccccc2C)c(=O)[nH]c1=O. The molecule has 0 saturated heterocycles. The molecule has 2 N–H and O–H groups in total. The predicted molar refractivity (Wildman–Crippen MR) is 112 cm³/mol. The molecule has 1 aliphatic rings. The first-order valence-corrected chi connectivity index (χ1v) is 9.56. The number of nitrogens with zero attached hydrogens (tertiary/aromatic N) is 2. The number of aliphatic imine (C=N–C) groups is 1. The van der Waals surface area contributed by atoms with Crippen molar-refractivity contribution in [3.05, 3.63) is 80.0 Å². The van der Waals surface area contributed by atoms with Crippen molar-refractivity contribution in [1.82, 2.24) is 9.55 Å². The summed E-state index contributed by atoms with van der Waals surface area (Å²) in [5, 5.41) is 10.9. The second-order valence-electron chi connectivity index (χ2n) is 6.88. The van der Waals surface area contributed by atoms with Gasteiger partial charge in [-0.25, -0.2) is 9.36 Å². The molecule has 0 atom stereocenters. The number of fused-ring (bicyclic) bond motifs is 1. The van der Waals surface area contributed by atoms with Crippen molar-refractivity contribution in [2.24, 2.45) is 4.99 Å². The van der Waals surface area contributed by atoms with Crippen molar-refractivity contribution in [3.8, 4) is 23.1 Å². The first kappa shape index (κ1) is 19.5. The van der Waals surface area contributed by atoms with Crippen molar-refractivity contribution in [3.63, 3.8) is 0 Å². The van der Waals surface area contributed by atoms with Crippen LogP contribution in [0.4, 0.5) is 0 Å². The van der Waals surface area contributed by atoms with Gasteiger partial charge in [-0.15, -0.1) is 0 Å². The lowest BCUT2D eigenvalue weighted by Crippen LogP contribution is -2.33. The zero-order valence-electron chi connectivity index (χ0n) is 16.6. The maximum absolute atomic E-state index is 12.5. The predicted octanol–water partition coefficient (Wildman–Crippen LogP) is 2.67. The molecule has 0 radical (unpaired) electrons. The molecular weight excluding hydrogens is 386 g/mol. The summed E-state index contributed by atoms with van der Waals surface area (Å²) in [5.41, 5.74) is 1.14. The van der Waals surface area contributed by atoms with E-state index in [1.54, 1.807) is 18.2 Å². The Balaban J connectivity index is 1.77. The summed E-state index contributed by atoms with van der Waals surface area (Å²) in [5.74, 6) is 0.900. The van der Waals surface area contributed by atoms with Gasteiger partial charge in [-0.2, -0.15) is 0 Å². The lowest BCUT2D eigenvalue weighted by molar-refractivity contribution is 0.174. The molecule has 2 aromatic carbocycles. The molecule has 8 heteroatoms. The first-order valence-electron chi connectivity index (χ1n) is 9.56. The van der Waals surface area contributed by atoms with E-state index in [1.165, 1.54) is 0 Å². The van der Waals surface area contributed by atoms with Crippen LogP contribution < -0.4 is 20.7 Å². The summed E-state index contributed by atoms with van der Waals surface area (Å²) in [6, 6.07) is 12.6. The van der Waals surface area contributed by atoms with Crippen LogP contribution in [0.2, 0.25) is 0 Å². The van der Waals surface area contributed by atoms with Gasteiger partial charge in [0.2, 0.25) is 12.7 Å². The highest BCUT2D eigenvalue weighted by molar-refractivity contribution is 6.02. The minimum atomic E-state index is -0.707. The van der Waals surface area contributed by atoms with Crippen LogP contribution in [0.15, 0.2) is 57.0 Å². The summed E-state index contributed by atoms with van der Waals surface area (Å²) in [4.78, 5) is 31.8. The smallest absolute Gasteiger partial charge is 0.335 e. The highest BCUT2D eigenvalue weighted by Gasteiger charge is 2.20. The summed E-state index contributed by atoms with van der Waals surface area (Å²) < 4.78 is 11.8. The fourth-order valence-corrected chi connectivity index (χ4v) is 3.42. The third kappa shape index (κ3) is 3.47. The van der Waals surface area contributed by atoms with Gasteiger partial charge in [-0.05, 0) is 42.7 Å². The molecule has 3 aromatic rings. The highest BCUT2D eigenvalue weighted by Crippen LogP contribution is 2.32. The van der Waals surface area contributed by atoms with Crippen LogP contribution in [0.3, 0.4) is 0 Å². The monoisotopic (exact) mass is 407 g/mol. The van der Waals surface area contributed by atoms with Gasteiger partial charge < -0.3 is 14.6 Å². The molecule has 30 heavy (non-hydrogen) atoms. The third-order valence-corrected chi connectivity index (χ3v) is 4.96. The first-order chi connectivity index (χ1) is 14.5. The van der Waals surface area contributed by atoms with E-state index in [-0.39, 0.29) is 18.9 Å². The number of ether oxygens (including phenoxy) is 2. The maximum atomic E-state index is 12.5. The van der Waals surface area contributed by atoms with Crippen LogP contribution in [0.5, 0.6) is 17.4 Å². The Morgan fingerprint density at radius 3 is 2.70 bits per heavy atom. The molecule has 0 spiro atoms. The van der Waals surface area contributed by atoms with Crippen LogP contribution in [0.1, 0.15) is 30.0 Å². The number of rotatable bonds is 5. The standard InChI is InChI=1S/C22H21N3O5/c1-3-15(23-11-14-8-9-17-18(10-14)30-12-29-17)19-20(26)24-22(28)25(21(19)27)16-7-5-4-6-13(16)2/h4-10,27H,3,11-12H2,1-2H3,(H,24,26,28). The number of aromatic amines is 1. The lowest BCUT2D eigenvalue weighted by Gasteiger charge is -2.14. The summed E-state index contributed by atoms with van der Waals surface area (Å²) >= 11 is 0. The van der Waals surface area contributed by atoms with Crippen molar-refractivity contribution >= 4 is 5.71 Å². The number of benzene rings is 2. The minimum absolute atomic E-state index is 0.0129. The Morgan fingerprint density at radius 2 is 1.93 bits per heavy atom. The molecule has 0 bridgehead atoms. The van der Waals surface area contributed by atoms with Crippen molar-refractivity contribution in [2.45, 2.75) is 26.8 Å². The summed E-state index contributed by atoms with van der Waals surface area (Å²) in [7, 11) is 0. The van der Waals surface area contributed by atoms with E-state index < -0.39 is 17.1 Å². The molecule has 1 aliphatic heterocycles. The van der Waals surface area contributed by atoms with Gasteiger partial charge in [-0.1, -0.05) is 31.2 Å². The van der Waals surface area contributed by atoms with E-state index in [0.717, 1.165) is 15.7 Å². The Kier molecular flexibility index (Phi) is 5.14. The van der Waals surface area contributed by atoms with Crippen LogP contribution in [0.25, 0.3) is 5.69 Å². The van der Waals surface area contributed by atoms with Crippen molar-refractivity contribution < 1.29 is 14.6 Å². The largest absolute Gasteiger partial charge is 0.493 e. The van der Waals surface area contributed by atoms with Crippen molar-refractivity contribution in [2.75, 3.05) is 6.79 Å². The van der Waals surface area contributed by atoms with E-state index in [0.29, 0.717) is 29.3 Å². The molecule has 0 saturated carbocycles. The Labute approximate surface area is 172 Å². The van der Waals surface area contributed by atoms with Crippen LogP contribution in [-0.2, 0) is 6.54 Å². The van der Waals surface area contributed by atoms with E-state index in [9.17, 15) is 14.7 Å². The molecule has 0 unspecified atom stereocenters. The number of aromatic nitrogens is 2. The van der Waals surface area contributed by atoms with E-state index in [4.69, 9.17) is 9.47 Å². The molecule has 8 nitrogen and oxygen atoms in total. The lowest BCUT2D eigenvalue weighted by atomic mass is 10.1. The molecule has 0 amide bonds. The van der Waals surface area contributed by atoms with Gasteiger partial charge in [0.05, 0.1) is 17.9 Å². The number of H-pyrrole nitrogens is 1. The quantitative estimate of drug-likeness (QED) is 0.633. The molecule has 2 heterocycles. The Bertz CT molecular complexity index is 1260. The highest BCUT2D eigenvalue weighted by atomic mass is 16.7. The number of para-hydroxylation sites is 1. The van der Waals surface area contributed by atoms with Crippen LogP contribution in [-0.4, -0.2) is 27.2 Å². The van der Waals surface area contributed by atoms with Gasteiger partial charge in [0.25, 0.3) is 5.56 Å². The number of nitrogens with one attached hydrogen (secondary N) is 1. The maximum Gasteiger partial charge on any atom is 0.335 e. The Hall–Kier alpha value is -3.81. The Morgan fingerprint density at radius 1 is 1.17 bits per heavy atom. The molecule has 4 rings (SSSR count). The molecule has 0 fully saturated rings. The fraction of sp³-hybridized carbons (Fsp3) is 0.227. The van der Waals surface area contributed by atoms with Gasteiger partial charge in [-0.3, -0.25) is 14.8 Å². The fourth-order valence-electron chi connectivity index (χ4n) is 3.42. The number of hydrogen-bond donors (Lipinski definition) is 2. The second kappa shape index (κ2) is 7.90.